The molecule has 2 unspecified atom stereocenters. The van der Waals surface area contributed by atoms with Gasteiger partial charge >= 0.3 is 0 Å². The predicted molar refractivity (Wildman–Crippen MR) is 116 cm³/mol. The van der Waals surface area contributed by atoms with Crippen LogP contribution in [-0.4, -0.2) is 31.5 Å². The molecule has 0 heterocycles. The molecular weight excluding hydrogens is 366 g/mol. The molecule has 2 aromatic carbocycles. The van der Waals surface area contributed by atoms with Crippen molar-refractivity contribution in [3.8, 4) is 5.75 Å². The molecule has 0 radical (unpaired) electrons. The van der Waals surface area contributed by atoms with Crippen LogP contribution in [0.3, 0.4) is 0 Å². The SMILES string of the molecule is CCOc1ccccc1NC(=O)C1CC1C(=O)Nc1ccc(N(CC)CC)cc1. The average Bonchev–Trinajstić information content (AvgIpc) is 3.53. The third-order valence-corrected chi connectivity index (χ3v) is 5.17. The largest absolute Gasteiger partial charge is 0.492 e. The van der Waals surface area contributed by atoms with E-state index in [1.54, 1.807) is 6.07 Å². The molecule has 6 nitrogen and oxygen atoms in total. The van der Waals surface area contributed by atoms with E-state index in [0.29, 0.717) is 24.5 Å². The first-order valence-corrected chi connectivity index (χ1v) is 10.3. The molecule has 1 fully saturated rings. The fourth-order valence-electron chi connectivity index (χ4n) is 3.43. The van der Waals surface area contributed by atoms with Gasteiger partial charge in [0.25, 0.3) is 0 Å². The molecule has 2 N–H and O–H groups in total. The van der Waals surface area contributed by atoms with Gasteiger partial charge in [0, 0.05) is 24.5 Å². The minimum Gasteiger partial charge on any atom is -0.492 e. The van der Waals surface area contributed by atoms with Crippen LogP contribution in [0.4, 0.5) is 17.1 Å². The van der Waals surface area contributed by atoms with Crippen LogP contribution in [0.2, 0.25) is 0 Å². The number of para-hydroxylation sites is 2. The van der Waals surface area contributed by atoms with E-state index in [1.807, 2.05) is 49.4 Å². The van der Waals surface area contributed by atoms with Gasteiger partial charge in [0.15, 0.2) is 0 Å². The smallest absolute Gasteiger partial charge is 0.228 e. The Bertz CT molecular complexity index is 847. The molecule has 1 saturated carbocycles. The number of benzene rings is 2. The molecule has 0 spiro atoms. The molecule has 154 valence electrons. The summed E-state index contributed by atoms with van der Waals surface area (Å²) in [6.07, 6.45) is 0.562. The highest BCUT2D eigenvalue weighted by molar-refractivity contribution is 6.03. The summed E-state index contributed by atoms with van der Waals surface area (Å²) in [5.41, 5.74) is 2.51. The van der Waals surface area contributed by atoms with Gasteiger partial charge in [-0.3, -0.25) is 9.59 Å². The minimum atomic E-state index is -0.306. The number of amides is 2. The molecule has 1 aliphatic carbocycles. The highest BCUT2D eigenvalue weighted by Crippen LogP contribution is 2.41. The first-order chi connectivity index (χ1) is 14.1. The van der Waals surface area contributed by atoms with Crippen molar-refractivity contribution in [3.63, 3.8) is 0 Å². The molecular formula is C23H29N3O3. The molecule has 2 amide bonds. The van der Waals surface area contributed by atoms with Crippen molar-refractivity contribution < 1.29 is 14.3 Å². The lowest BCUT2D eigenvalue weighted by molar-refractivity contribution is -0.122. The maximum atomic E-state index is 12.5. The summed E-state index contributed by atoms with van der Waals surface area (Å²) in [6.45, 7) is 8.53. The second-order valence-corrected chi connectivity index (χ2v) is 7.08. The quantitative estimate of drug-likeness (QED) is 0.669. The average molecular weight is 396 g/mol. The second-order valence-electron chi connectivity index (χ2n) is 7.08. The van der Waals surface area contributed by atoms with Gasteiger partial charge in [-0.15, -0.1) is 0 Å². The van der Waals surface area contributed by atoms with E-state index in [9.17, 15) is 9.59 Å². The molecule has 3 rings (SSSR count). The van der Waals surface area contributed by atoms with Gasteiger partial charge in [0.1, 0.15) is 5.75 Å². The molecule has 0 aromatic heterocycles. The van der Waals surface area contributed by atoms with E-state index in [2.05, 4.69) is 29.4 Å². The summed E-state index contributed by atoms with van der Waals surface area (Å²) in [6, 6.07) is 15.1. The number of hydrogen-bond donors (Lipinski definition) is 2. The van der Waals surface area contributed by atoms with Crippen molar-refractivity contribution in [2.24, 2.45) is 11.8 Å². The normalized spacial score (nSPS) is 17.3. The van der Waals surface area contributed by atoms with Gasteiger partial charge in [-0.2, -0.15) is 0 Å². The van der Waals surface area contributed by atoms with Crippen molar-refractivity contribution in [2.45, 2.75) is 27.2 Å². The van der Waals surface area contributed by atoms with Crippen molar-refractivity contribution in [1.29, 1.82) is 0 Å². The number of rotatable bonds is 9. The fraction of sp³-hybridized carbons (Fsp3) is 0.391. The first-order valence-electron chi connectivity index (χ1n) is 10.3. The van der Waals surface area contributed by atoms with Gasteiger partial charge in [-0.1, -0.05) is 12.1 Å². The highest BCUT2D eigenvalue weighted by atomic mass is 16.5. The maximum absolute atomic E-state index is 12.5. The Hall–Kier alpha value is -3.02. The summed E-state index contributed by atoms with van der Waals surface area (Å²) < 4.78 is 5.54. The monoisotopic (exact) mass is 395 g/mol. The van der Waals surface area contributed by atoms with Crippen LogP contribution in [0.25, 0.3) is 0 Å². The third kappa shape index (κ3) is 5.08. The summed E-state index contributed by atoms with van der Waals surface area (Å²) in [5.74, 6) is -0.220. The van der Waals surface area contributed by atoms with Gasteiger partial charge in [0.2, 0.25) is 11.8 Å². The van der Waals surface area contributed by atoms with Crippen molar-refractivity contribution in [1.82, 2.24) is 0 Å². The Balaban J connectivity index is 1.54. The molecule has 29 heavy (non-hydrogen) atoms. The highest BCUT2D eigenvalue weighted by Gasteiger charge is 2.48. The Morgan fingerprint density at radius 1 is 0.931 bits per heavy atom. The van der Waals surface area contributed by atoms with Crippen molar-refractivity contribution >= 4 is 28.9 Å². The number of hydrogen-bond acceptors (Lipinski definition) is 4. The Morgan fingerprint density at radius 3 is 2.17 bits per heavy atom. The summed E-state index contributed by atoms with van der Waals surface area (Å²) in [5, 5.41) is 5.81. The molecule has 0 saturated heterocycles. The van der Waals surface area contributed by atoms with Crippen LogP contribution >= 0.6 is 0 Å². The number of nitrogens with one attached hydrogen (secondary N) is 2. The summed E-state index contributed by atoms with van der Waals surface area (Å²) in [4.78, 5) is 27.3. The van der Waals surface area contributed by atoms with Crippen LogP contribution in [-0.2, 0) is 9.59 Å². The van der Waals surface area contributed by atoms with Crippen LogP contribution in [0.1, 0.15) is 27.2 Å². The van der Waals surface area contributed by atoms with Crippen molar-refractivity contribution in [2.75, 3.05) is 35.2 Å². The lowest BCUT2D eigenvalue weighted by Crippen LogP contribution is -2.22. The second kappa shape index (κ2) is 9.45. The Labute approximate surface area is 172 Å². The predicted octanol–water partition coefficient (Wildman–Crippen LogP) is 4.14. The van der Waals surface area contributed by atoms with E-state index < -0.39 is 0 Å². The van der Waals surface area contributed by atoms with E-state index in [1.165, 1.54) is 0 Å². The molecule has 0 aliphatic heterocycles. The van der Waals surface area contributed by atoms with Crippen LogP contribution in [0.5, 0.6) is 5.75 Å². The zero-order valence-electron chi connectivity index (χ0n) is 17.3. The number of anilines is 3. The first kappa shape index (κ1) is 20.7. The number of carbonyl (C=O) groups is 2. The zero-order valence-corrected chi connectivity index (χ0v) is 17.3. The van der Waals surface area contributed by atoms with Crippen LogP contribution in [0.15, 0.2) is 48.5 Å². The van der Waals surface area contributed by atoms with Gasteiger partial charge in [0.05, 0.1) is 24.1 Å². The lowest BCUT2D eigenvalue weighted by Gasteiger charge is -2.21. The molecule has 6 heteroatoms. The zero-order chi connectivity index (χ0) is 20.8. The van der Waals surface area contributed by atoms with E-state index in [-0.39, 0.29) is 23.7 Å². The summed E-state index contributed by atoms with van der Waals surface area (Å²) >= 11 is 0. The molecule has 1 aliphatic rings. The van der Waals surface area contributed by atoms with Gasteiger partial charge in [-0.25, -0.2) is 0 Å². The fourth-order valence-corrected chi connectivity index (χ4v) is 3.43. The van der Waals surface area contributed by atoms with Gasteiger partial charge < -0.3 is 20.3 Å². The Morgan fingerprint density at radius 2 is 1.55 bits per heavy atom. The number of ether oxygens (including phenoxy) is 1. The van der Waals surface area contributed by atoms with E-state index in [4.69, 9.17) is 4.74 Å². The van der Waals surface area contributed by atoms with Gasteiger partial charge in [-0.05, 0) is 63.6 Å². The topological polar surface area (TPSA) is 70.7 Å². The maximum Gasteiger partial charge on any atom is 0.228 e. The van der Waals surface area contributed by atoms with Crippen LogP contribution in [0, 0.1) is 11.8 Å². The molecule has 2 atom stereocenters. The lowest BCUT2D eigenvalue weighted by atomic mass is 10.2. The minimum absolute atomic E-state index is 0.112. The van der Waals surface area contributed by atoms with Crippen molar-refractivity contribution in [3.05, 3.63) is 48.5 Å². The van der Waals surface area contributed by atoms with Crippen LogP contribution < -0.4 is 20.3 Å². The summed E-state index contributed by atoms with van der Waals surface area (Å²) in [7, 11) is 0. The molecule has 2 aromatic rings. The Kier molecular flexibility index (Phi) is 6.75. The number of carbonyl (C=O) groups excluding carboxylic acids is 2. The molecule has 0 bridgehead atoms. The number of nitrogens with zero attached hydrogens (tertiary/aromatic N) is 1. The third-order valence-electron chi connectivity index (χ3n) is 5.17. The standard InChI is InChI=1S/C23H29N3O3/c1-4-26(5-2)17-13-11-16(12-14-17)24-22(27)18-15-19(18)23(28)25-20-9-7-8-10-21(20)29-6-3/h7-14,18-19H,4-6,15H2,1-3H3,(H,24,27)(H,25,28). The van der Waals surface area contributed by atoms with E-state index >= 15 is 0 Å². The van der Waals surface area contributed by atoms with E-state index in [0.717, 1.165) is 24.5 Å².